The maximum atomic E-state index is 13.8. The Balaban J connectivity index is 1.60. The quantitative estimate of drug-likeness (QED) is 0.413. The molecule has 0 radical (unpaired) electrons. The largest absolute Gasteiger partial charge is 0.508 e. The van der Waals surface area contributed by atoms with E-state index in [-0.39, 0.29) is 29.8 Å². The van der Waals surface area contributed by atoms with Crippen LogP contribution in [0.1, 0.15) is 50.6 Å². The van der Waals surface area contributed by atoms with Crippen LogP contribution in [0.15, 0.2) is 42.5 Å². The fraction of sp³-hybridized carbons (Fsp3) is 0.429. The number of H-pyrrole nitrogens is 1. The summed E-state index contributed by atoms with van der Waals surface area (Å²) in [5.41, 5.74) is 2.82. The lowest BCUT2D eigenvalue weighted by atomic mass is 9.81. The molecule has 0 saturated carbocycles. The number of imide groups is 1. The van der Waals surface area contributed by atoms with Gasteiger partial charge < -0.3 is 25.0 Å². The molecule has 8 nitrogen and oxygen atoms in total. The number of nitrogens with zero attached hydrogens (tertiary/aromatic N) is 2. The van der Waals surface area contributed by atoms with Crippen molar-refractivity contribution in [2.75, 3.05) is 19.7 Å². The molecule has 2 aromatic carbocycles. The number of benzene rings is 2. The van der Waals surface area contributed by atoms with Gasteiger partial charge in [0, 0.05) is 42.1 Å². The van der Waals surface area contributed by atoms with E-state index in [1.807, 2.05) is 52.0 Å². The van der Waals surface area contributed by atoms with Gasteiger partial charge in [-0.15, -0.1) is 0 Å². The standard InChI is InChI=1S/C28H34N4O4/c1-5-36-20-9-10-23-21(15-20)22-16-28(4)26(34)31(12-11-29-17(2)3)27(35)32(28)24(25(22)30-23)14-18-7-6-8-19(33)13-18/h6-10,13,15,17,24,29-30,33H,5,11-12,14,16H2,1-4H3/t24?,28-/m0/s1. The lowest BCUT2D eigenvalue weighted by Gasteiger charge is -2.42. The molecule has 1 saturated heterocycles. The Labute approximate surface area is 211 Å². The van der Waals surface area contributed by atoms with Crippen LogP contribution in [0.2, 0.25) is 0 Å². The second-order valence-electron chi connectivity index (χ2n) is 10.2. The van der Waals surface area contributed by atoms with Crippen molar-refractivity contribution in [2.45, 2.75) is 58.2 Å². The molecule has 3 N–H and O–H groups in total. The lowest BCUT2D eigenvalue weighted by molar-refractivity contribution is -0.133. The normalized spacial score (nSPS) is 21.4. The average Bonchev–Trinajstić information content (AvgIpc) is 3.27. The molecule has 3 aromatic rings. The van der Waals surface area contributed by atoms with E-state index in [0.717, 1.165) is 33.5 Å². The first kappa shape index (κ1) is 24.2. The van der Waals surface area contributed by atoms with E-state index in [9.17, 15) is 14.7 Å². The molecule has 0 spiro atoms. The Morgan fingerprint density at radius 1 is 1.22 bits per heavy atom. The molecule has 1 unspecified atom stereocenters. The summed E-state index contributed by atoms with van der Waals surface area (Å²) in [5.74, 6) is 0.786. The molecule has 1 aromatic heterocycles. The van der Waals surface area contributed by atoms with Crippen LogP contribution in [0.5, 0.6) is 11.5 Å². The van der Waals surface area contributed by atoms with Gasteiger partial charge in [0.2, 0.25) is 0 Å². The second kappa shape index (κ2) is 9.17. The molecule has 1 fully saturated rings. The summed E-state index contributed by atoms with van der Waals surface area (Å²) in [7, 11) is 0. The Kier molecular flexibility index (Phi) is 6.16. The van der Waals surface area contributed by atoms with E-state index in [2.05, 4.69) is 10.3 Å². The van der Waals surface area contributed by atoms with Crippen molar-refractivity contribution in [1.29, 1.82) is 0 Å². The van der Waals surface area contributed by atoms with Gasteiger partial charge in [-0.25, -0.2) is 4.79 Å². The third-order valence-electron chi connectivity index (χ3n) is 7.29. The fourth-order valence-corrected chi connectivity index (χ4v) is 5.67. The third kappa shape index (κ3) is 3.99. The molecule has 5 rings (SSSR count). The van der Waals surface area contributed by atoms with Gasteiger partial charge in [-0.3, -0.25) is 9.69 Å². The zero-order valence-corrected chi connectivity index (χ0v) is 21.3. The molecule has 0 bridgehead atoms. The number of urea groups is 1. The highest BCUT2D eigenvalue weighted by Gasteiger charge is 2.59. The van der Waals surface area contributed by atoms with Crippen molar-refractivity contribution in [2.24, 2.45) is 0 Å². The van der Waals surface area contributed by atoms with Gasteiger partial charge in [0.1, 0.15) is 17.0 Å². The highest BCUT2D eigenvalue weighted by atomic mass is 16.5. The predicted octanol–water partition coefficient (Wildman–Crippen LogP) is 4.13. The van der Waals surface area contributed by atoms with Gasteiger partial charge in [-0.05, 0) is 61.7 Å². The number of phenolic OH excluding ortho intramolecular Hbond substituents is 1. The van der Waals surface area contributed by atoms with Crippen LogP contribution in [0.25, 0.3) is 10.9 Å². The van der Waals surface area contributed by atoms with Crippen molar-refractivity contribution < 1.29 is 19.4 Å². The molecule has 36 heavy (non-hydrogen) atoms. The molecule has 2 aliphatic rings. The van der Waals surface area contributed by atoms with Crippen molar-refractivity contribution >= 4 is 22.8 Å². The first-order valence-corrected chi connectivity index (χ1v) is 12.7. The molecule has 3 amide bonds. The van der Waals surface area contributed by atoms with Crippen molar-refractivity contribution in [1.82, 2.24) is 20.1 Å². The van der Waals surface area contributed by atoms with Gasteiger partial charge >= 0.3 is 6.03 Å². The van der Waals surface area contributed by atoms with Gasteiger partial charge in [-0.1, -0.05) is 26.0 Å². The summed E-state index contributed by atoms with van der Waals surface area (Å²) >= 11 is 0. The van der Waals surface area contributed by atoms with E-state index in [0.29, 0.717) is 32.5 Å². The first-order valence-electron chi connectivity index (χ1n) is 12.7. The number of rotatable bonds is 8. The van der Waals surface area contributed by atoms with Crippen LogP contribution in [0.3, 0.4) is 0 Å². The first-order chi connectivity index (χ1) is 17.2. The number of fused-ring (bicyclic) bond motifs is 4. The van der Waals surface area contributed by atoms with Gasteiger partial charge in [0.05, 0.1) is 12.6 Å². The molecule has 190 valence electrons. The SMILES string of the molecule is CCOc1ccc2[nH]c3c(c2c1)C[C@@]1(C)C(=O)N(CCNC(C)C)C(=O)N1C3Cc1cccc(O)c1. The van der Waals surface area contributed by atoms with Gasteiger partial charge in [-0.2, -0.15) is 0 Å². The van der Waals surface area contributed by atoms with Crippen molar-refractivity contribution in [3.8, 4) is 11.5 Å². The number of ether oxygens (including phenoxy) is 1. The number of phenols is 1. The maximum Gasteiger partial charge on any atom is 0.328 e. The number of nitrogens with one attached hydrogen (secondary N) is 2. The van der Waals surface area contributed by atoms with Crippen LogP contribution in [-0.2, 0) is 17.6 Å². The number of aromatic amines is 1. The molecule has 0 aliphatic carbocycles. The number of carbonyl (C=O) groups excluding carboxylic acids is 2. The van der Waals surface area contributed by atoms with Crippen molar-refractivity contribution in [3.05, 3.63) is 59.3 Å². The average molecular weight is 491 g/mol. The Morgan fingerprint density at radius 2 is 2.03 bits per heavy atom. The highest BCUT2D eigenvalue weighted by molar-refractivity contribution is 6.08. The molecule has 2 atom stereocenters. The van der Waals surface area contributed by atoms with Gasteiger partial charge in [0.15, 0.2) is 0 Å². The van der Waals surface area contributed by atoms with Crippen molar-refractivity contribution in [3.63, 3.8) is 0 Å². The maximum absolute atomic E-state index is 13.8. The van der Waals surface area contributed by atoms with E-state index in [4.69, 9.17) is 4.74 Å². The molecule has 3 heterocycles. The highest BCUT2D eigenvalue weighted by Crippen LogP contribution is 2.47. The molecular weight excluding hydrogens is 456 g/mol. The number of hydrogen-bond donors (Lipinski definition) is 3. The van der Waals surface area contributed by atoms with E-state index >= 15 is 0 Å². The minimum Gasteiger partial charge on any atom is -0.508 e. The Hall–Kier alpha value is -3.52. The van der Waals surface area contributed by atoms with Crippen LogP contribution in [0, 0.1) is 0 Å². The molecular formula is C28H34N4O4. The number of aromatic nitrogens is 1. The molecule has 8 heteroatoms. The summed E-state index contributed by atoms with van der Waals surface area (Å²) in [5, 5.41) is 14.4. The number of amides is 3. The van der Waals surface area contributed by atoms with Crippen LogP contribution >= 0.6 is 0 Å². The lowest BCUT2D eigenvalue weighted by Crippen LogP contribution is -2.53. The topological polar surface area (TPSA) is 97.9 Å². The van der Waals surface area contributed by atoms with E-state index < -0.39 is 5.54 Å². The molecule has 2 aliphatic heterocycles. The van der Waals surface area contributed by atoms with Crippen LogP contribution in [-0.4, -0.2) is 63.1 Å². The smallest absolute Gasteiger partial charge is 0.328 e. The number of aromatic hydroxyl groups is 1. The second-order valence-corrected chi connectivity index (χ2v) is 10.2. The summed E-state index contributed by atoms with van der Waals surface area (Å²) in [6.45, 7) is 9.34. The van der Waals surface area contributed by atoms with Crippen LogP contribution in [0.4, 0.5) is 4.79 Å². The monoisotopic (exact) mass is 490 g/mol. The zero-order chi connectivity index (χ0) is 25.6. The summed E-state index contributed by atoms with van der Waals surface area (Å²) in [4.78, 5) is 34.3. The summed E-state index contributed by atoms with van der Waals surface area (Å²) in [6, 6.07) is 12.6. The van der Waals surface area contributed by atoms with Gasteiger partial charge in [0.25, 0.3) is 5.91 Å². The van der Waals surface area contributed by atoms with E-state index in [1.165, 1.54) is 4.90 Å². The Morgan fingerprint density at radius 3 is 2.75 bits per heavy atom. The minimum absolute atomic E-state index is 0.167. The predicted molar refractivity (Wildman–Crippen MR) is 138 cm³/mol. The fourth-order valence-electron chi connectivity index (χ4n) is 5.67. The van der Waals surface area contributed by atoms with Crippen LogP contribution < -0.4 is 10.1 Å². The number of hydrogen-bond acceptors (Lipinski definition) is 5. The Bertz CT molecular complexity index is 1320. The minimum atomic E-state index is -1.000. The zero-order valence-electron chi connectivity index (χ0n) is 21.3. The summed E-state index contributed by atoms with van der Waals surface area (Å²) < 4.78 is 5.75. The van der Waals surface area contributed by atoms with E-state index in [1.54, 1.807) is 23.1 Å². The number of carbonyl (C=O) groups is 2. The summed E-state index contributed by atoms with van der Waals surface area (Å²) in [6.07, 6.45) is 0.895. The third-order valence-corrected chi connectivity index (χ3v) is 7.29.